The van der Waals surface area contributed by atoms with Crippen LogP contribution in [0.15, 0.2) is 30.3 Å². The third kappa shape index (κ3) is 4.42. The number of ether oxygens (including phenoxy) is 1. The molecule has 1 rings (SSSR count). The molecule has 0 saturated carbocycles. The Hall–Kier alpha value is -0.910. The van der Waals surface area contributed by atoms with Gasteiger partial charge in [-0.15, -0.1) is 0 Å². The predicted octanol–water partition coefficient (Wildman–Crippen LogP) is 1.48. The van der Waals surface area contributed by atoms with Gasteiger partial charge in [0.05, 0.1) is 13.2 Å². The average molecular weight is 230 g/mol. The lowest BCUT2D eigenvalue weighted by atomic mass is 10.2. The van der Waals surface area contributed by atoms with E-state index in [-0.39, 0.29) is 6.61 Å². The number of hydrogen-bond donors (Lipinski definition) is 1. The first-order valence-corrected chi connectivity index (χ1v) is 6.08. The van der Waals surface area contributed by atoms with Gasteiger partial charge in [0.25, 0.3) is 10.1 Å². The Bertz CT molecular complexity index is 385. The van der Waals surface area contributed by atoms with Crippen molar-refractivity contribution in [3.05, 3.63) is 35.9 Å². The first-order chi connectivity index (χ1) is 7.00. The van der Waals surface area contributed by atoms with E-state index in [4.69, 9.17) is 9.29 Å². The minimum absolute atomic E-state index is 0.00622. The first kappa shape index (κ1) is 12.2. The maximum absolute atomic E-state index is 10.6. The average Bonchev–Trinajstić information content (AvgIpc) is 2.18. The van der Waals surface area contributed by atoms with Crippen LogP contribution in [0.2, 0.25) is 0 Å². The zero-order valence-corrected chi connectivity index (χ0v) is 9.28. The zero-order valence-electron chi connectivity index (χ0n) is 8.46. The van der Waals surface area contributed by atoms with Gasteiger partial charge in [0.15, 0.2) is 0 Å². The van der Waals surface area contributed by atoms with E-state index in [1.165, 1.54) is 6.92 Å². The van der Waals surface area contributed by atoms with Crippen LogP contribution in [0.25, 0.3) is 0 Å². The third-order valence-corrected chi connectivity index (χ3v) is 3.13. The largest absolute Gasteiger partial charge is 0.375 e. The van der Waals surface area contributed by atoms with Crippen LogP contribution in [0.1, 0.15) is 12.5 Å². The molecule has 0 amide bonds. The van der Waals surface area contributed by atoms with Gasteiger partial charge in [-0.1, -0.05) is 30.3 Å². The second kappa shape index (κ2) is 5.25. The van der Waals surface area contributed by atoms with E-state index in [9.17, 15) is 8.42 Å². The molecule has 1 aromatic rings. The van der Waals surface area contributed by atoms with Crippen molar-refractivity contribution in [1.29, 1.82) is 0 Å². The molecule has 1 unspecified atom stereocenters. The lowest BCUT2D eigenvalue weighted by molar-refractivity contribution is 0.121. The topological polar surface area (TPSA) is 63.6 Å². The van der Waals surface area contributed by atoms with Crippen molar-refractivity contribution in [2.45, 2.75) is 18.8 Å². The fraction of sp³-hybridized carbons (Fsp3) is 0.400. The van der Waals surface area contributed by atoms with Crippen LogP contribution >= 0.6 is 0 Å². The molecular formula is C10H14O4S. The molecule has 84 valence electrons. The second-order valence-corrected chi connectivity index (χ2v) is 5.16. The molecule has 0 saturated heterocycles. The summed E-state index contributed by atoms with van der Waals surface area (Å²) in [5.74, 6) is 0. The molecule has 0 aromatic heterocycles. The Morgan fingerprint density at radius 3 is 2.47 bits per heavy atom. The number of benzene rings is 1. The maximum atomic E-state index is 10.6. The highest BCUT2D eigenvalue weighted by atomic mass is 32.2. The van der Waals surface area contributed by atoms with Crippen molar-refractivity contribution >= 4 is 10.1 Å². The van der Waals surface area contributed by atoms with Gasteiger partial charge < -0.3 is 4.74 Å². The predicted molar refractivity (Wildman–Crippen MR) is 57.1 cm³/mol. The van der Waals surface area contributed by atoms with Crippen molar-refractivity contribution in [3.8, 4) is 0 Å². The Kier molecular flexibility index (Phi) is 4.26. The molecule has 0 heterocycles. The molecular weight excluding hydrogens is 216 g/mol. The lowest BCUT2D eigenvalue weighted by Crippen LogP contribution is -2.22. The van der Waals surface area contributed by atoms with Gasteiger partial charge in [-0.25, -0.2) is 0 Å². The monoisotopic (exact) mass is 230 g/mol. The highest BCUT2D eigenvalue weighted by Crippen LogP contribution is 2.03. The van der Waals surface area contributed by atoms with Crippen molar-refractivity contribution < 1.29 is 17.7 Å². The third-order valence-electron chi connectivity index (χ3n) is 1.97. The first-order valence-electron chi connectivity index (χ1n) is 4.58. The fourth-order valence-corrected chi connectivity index (χ4v) is 1.27. The van der Waals surface area contributed by atoms with Gasteiger partial charge in [-0.3, -0.25) is 4.55 Å². The number of rotatable bonds is 5. The normalized spacial score (nSPS) is 13.7. The molecule has 4 nitrogen and oxygen atoms in total. The molecule has 0 fully saturated rings. The van der Waals surface area contributed by atoms with E-state index in [1.807, 2.05) is 30.3 Å². The van der Waals surface area contributed by atoms with Crippen molar-refractivity contribution in [2.75, 3.05) is 6.61 Å². The maximum Gasteiger partial charge on any atom is 0.269 e. The van der Waals surface area contributed by atoms with Crippen LogP contribution in [0.5, 0.6) is 0 Å². The van der Waals surface area contributed by atoms with Crippen LogP contribution in [0.4, 0.5) is 0 Å². The smallest absolute Gasteiger partial charge is 0.269 e. The van der Waals surface area contributed by atoms with E-state index in [1.54, 1.807) is 0 Å². The Morgan fingerprint density at radius 1 is 1.33 bits per heavy atom. The molecule has 5 heteroatoms. The van der Waals surface area contributed by atoms with E-state index >= 15 is 0 Å². The van der Waals surface area contributed by atoms with E-state index < -0.39 is 15.4 Å². The molecule has 0 spiro atoms. The van der Waals surface area contributed by atoms with Gasteiger partial charge in [0, 0.05) is 0 Å². The summed E-state index contributed by atoms with van der Waals surface area (Å²) in [6.45, 7) is 1.74. The summed E-state index contributed by atoms with van der Waals surface area (Å²) in [7, 11) is -3.98. The summed E-state index contributed by atoms with van der Waals surface area (Å²) in [5.41, 5.74) is 0.972. The summed E-state index contributed by atoms with van der Waals surface area (Å²) in [6.07, 6.45) is 0. The van der Waals surface area contributed by atoms with Gasteiger partial charge in [-0.2, -0.15) is 8.42 Å². The highest BCUT2D eigenvalue weighted by molar-refractivity contribution is 7.86. The summed E-state index contributed by atoms with van der Waals surface area (Å²) in [4.78, 5) is 0. The minimum Gasteiger partial charge on any atom is -0.375 e. The fourth-order valence-electron chi connectivity index (χ4n) is 1.00. The molecule has 0 aliphatic heterocycles. The molecule has 15 heavy (non-hydrogen) atoms. The Balaban J connectivity index is 2.35. The van der Waals surface area contributed by atoms with Gasteiger partial charge in [-0.05, 0) is 12.5 Å². The summed E-state index contributed by atoms with van der Waals surface area (Å²) < 4.78 is 35.1. The quantitative estimate of drug-likeness (QED) is 0.778. The summed E-state index contributed by atoms with van der Waals surface area (Å²) in [6, 6.07) is 9.43. The van der Waals surface area contributed by atoms with Gasteiger partial charge in [0.1, 0.15) is 5.25 Å². The van der Waals surface area contributed by atoms with E-state index in [0.29, 0.717) is 6.61 Å². The van der Waals surface area contributed by atoms with Gasteiger partial charge >= 0.3 is 0 Å². The molecule has 0 aliphatic carbocycles. The van der Waals surface area contributed by atoms with Crippen LogP contribution in [0, 0.1) is 0 Å². The molecule has 0 aliphatic rings. The van der Waals surface area contributed by atoms with Crippen LogP contribution < -0.4 is 0 Å². The van der Waals surface area contributed by atoms with Crippen molar-refractivity contribution in [1.82, 2.24) is 0 Å². The highest BCUT2D eigenvalue weighted by Gasteiger charge is 2.16. The van der Waals surface area contributed by atoms with Crippen LogP contribution in [-0.2, 0) is 21.5 Å². The zero-order chi connectivity index (χ0) is 11.3. The molecule has 1 atom stereocenters. The van der Waals surface area contributed by atoms with Crippen molar-refractivity contribution in [3.63, 3.8) is 0 Å². The SMILES string of the molecule is CC(COCc1ccccc1)S(=O)(=O)O. The van der Waals surface area contributed by atoms with Gasteiger partial charge in [0.2, 0.25) is 0 Å². The summed E-state index contributed by atoms with van der Waals surface area (Å²) >= 11 is 0. The van der Waals surface area contributed by atoms with Crippen LogP contribution in [-0.4, -0.2) is 24.8 Å². The van der Waals surface area contributed by atoms with Crippen molar-refractivity contribution in [2.24, 2.45) is 0 Å². The molecule has 1 N–H and O–H groups in total. The summed E-state index contributed by atoms with van der Waals surface area (Å²) in [5, 5.41) is -0.888. The van der Waals surface area contributed by atoms with E-state index in [2.05, 4.69) is 0 Å². The lowest BCUT2D eigenvalue weighted by Gasteiger charge is -2.08. The molecule has 1 aromatic carbocycles. The number of hydrogen-bond acceptors (Lipinski definition) is 3. The molecule has 0 radical (unpaired) electrons. The second-order valence-electron chi connectivity index (χ2n) is 3.33. The van der Waals surface area contributed by atoms with E-state index in [0.717, 1.165) is 5.56 Å². The Morgan fingerprint density at radius 2 is 1.93 bits per heavy atom. The Labute approximate surface area is 89.6 Å². The minimum atomic E-state index is -3.98. The van der Waals surface area contributed by atoms with Crippen LogP contribution in [0.3, 0.4) is 0 Å². The standard InChI is InChI=1S/C10H14O4S/c1-9(15(11,12)13)7-14-8-10-5-3-2-4-6-10/h2-6,9H,7-8H2,1H3,(H,11,12,13). The molecule has 0 bridgehead atoms.